The fourth-order valence-electron chi connectivity index (χ4n) is 7.07. The van der Waals surface area contributed by atoms with Gasteiger partial charge in [-0.05, 0) is 80.2 Å². The van der Waals surface area contributed by atoms with Crippen molar-refractivity contribution in [1.29, 1.82) is 0 Å². The molecule has 0 saturated heterocycles. The molecule has 3 nitrogen and oxygen atoms in total. The molecule has 1 aromatic carbocycles. The third kappa shape index (κ3) is 6.00. The predicted octanol–water partition coefficient (Wildman–Crippen LogP) is 7.74. The van der Waals surface area contributed by atoms with Gasteiger partial charge in [-0.15, -0.1) is 0 Å². The molecule has 0 N–H and O–H groups in total. The number of esters is 1. The van der Waals surface area contributed by atoms with Gasteiger partial charge in [-0.25, -0.2) is 4.39 Å². The quantitative estimate of drug-likeness (QED) is 0.228. The van der Waals surface area contributed by atoms with Crippen molar-refractivity contribution in [2.24, 2.45) is 35.5 Å². The van der Waals surface area contributed by atoms with Crippen molar-refractivity contribution in [1.82, 2.24) is 0 Å². The summed E-state index contributed by atoms with van der Waals surface area (Å²) in [4.78, 5) is 13.1. The van der Waals surface area contributed by atoms with E-state index in [0.29, 0.717) is 24.2 Å². The third-order valence-corrected chi connectivity index (χ3v) is 8.73. The van der Waals surface area contributed by atoms with Crippen LogP contribution in [-0.2, 0) is 4.79 Å². The van der Waals surface area contributed by atoms with Crippen LogP contribution in [-0.4, -0.2) is 12.6 Å². The Bertz CT molecular complexity index is 798. The first-order valence-corrected chi connectivity index (χ1v) is 13.3. The van der Waals surface area contributed by atoms with Gasteiger partial charge in [0.05, 0.1) is 5.92 Å². The number of fused-ring (bicyclic) bond motifs is 1. The molecule has 0 heterocycles. The van der Waals surface area contributed by atoms with E-state index in [0.717, 1.165) is 37.0 Å². The van der Waals surface area contributed by atoms with Crippen LogP contribution in [0.4, 0.5) is 4.39 Å². The van der Waals surface area contributed by atoms with Crippen LogP contribution < -0.4 is 9.47 Å². The van der Waals surface area contributed by atoms with E-state index >= 15 is 0 Å². The van der Waals surface area contributed by atoms with Gasteiger partial charge in [0.15, 0.2) is 11.6 Å². The van der Waals surface area contributed by atoms with Crippen LogP contribution in [0.5, 0.6) is 11.5 Å². The highest BCUT2D eigenvalue weighted by atomic mass is 19.1. The number of hydrogen-bond donors (Lipinski definition) is 0. The largest absolute Gasteiger partial charge is 0.489 e. The molecule has 3 fully saturated rings. The van der Waals surface area contributed by atoms with Gasteiger partial charge < -0.3 is 9.47 Å². The molecule has 0 bridgehead atoms. The first-order chi connectivity index (χ1) is 16.1. The molecule has 3 saturated carbocycles. The first kappa shape index (κ1) is 24.3. The Labute approximate surface area is 199 Å². The number of carbonyl (C=O) groups is 1. The maximum Gasteiger partial charge on any atom is 0.314 e. The topological polar surface area (TPSA) is 35.5 Å². The second-order valence-corrected chi connectivity index (χ2v) is 10.7. The summed E-state index contributed by atoms with van der Waals surface area (Å²) in [5.41, 5.74) is 0. The molecule has 3 aliphatic carbocycles. The fourth-order valence-corrected chi connectivity index (χ4v) is 7.07. The monoisotopic (exact) mass is 456 g/mol. The van der Waals surface area contributed by atoms with Crippen molar-refractivity contribution in [3.63, 3.8) is 0 Å². The summed E-state index contributed by atoms with van der Waals surface area (Å²) in [6.07, 6.45) is 16.8. The molecule has 182 valence electrons. The number of benzene rings is 1. The summed E-state index contributed by atoms with van der Waals surface area (Å²) < 4.78 is 25.4. The summed E-state index contributed by atoms with van der Waals surface area (Å²) in [5, 5.41) is 0. The van der Waals surface area contributed by atoms with Crippen molar-refractivity contribution < 1.29 is 18.7 Å². The molecule has 4 unspecified atom stereocenters. The van der Waals surface area contributed by atoms with E-state index in [1.807, 2.05) is 0 Å². The van der Waals surface area contributed by atoms with Crippen molar-refractivity contribution in [2.45, 2.75) is 84.0 Å². The molecule has 0 aliphatic heterocycles. The van der Waals surface area contributed by atoms with Crippen LogP contribution in [0.2, 0.25) is 0 Å². The number of hydrogen-bond acceptors (Lipinski definition) is 3. The van der Waals surface area contributed by atoms with Crippen LogP contribution in [0.1, 0.15) is 84.0 Å². The molecule has 4 atom stereocenters. The Morgan fingerprint density at radius 3 is 2.58 bits per heavy atom. The van der Waals surface area contributed by atoms with E-state index in [2.05, 4.69) is 13.5 Å². The summed E-state index contributed by atoms with van der Waals surface area (Å²) >= 11 is 0. The van der Waals surface area contributed by atoms with E-state index < -0.39 is 5.82 Å². The summed E-state index contributed by atoms with van der Waals surface area (Å²) in [6, 6.07) is 4.41. The zero-order valence-corrected chi connectivity index (χ0v) is 20.3. The average molecular weight is 457 g/mol. The summed E-state index contributed by atoms with van der Waals surface area (Å²) in [7, 11) is 0. The highest BCUT2D eigenvalue weighted by Crippen LogP contribution is 2.50. The van der Waals surface area contributed by atoms with Crippen molar-refractivity contribution in [2.75, 3.05) is 6.61 Å². The first-order valence-electron chi connectivity index (χ1n) is 13.3. The minimum atomic E-state index is -0.556. The lowest BCUT2D eigenvalue weighted by Crippen LogP contribution is -2.40. The lowest BCUT2D eigenvalue weighted by Gasteiger charge is -2.46. The number of halogens is 1. The van der Waals surface area contributed by atoms with Crippen LogP contribution >= 0.6 is 0 Å². The van der Waals surface area contributed by atoms with Gasteiger partial charge in [0.2, 0.25) is 0 Å². The zero-order chi connectivity index (χ0) is 23.2. The van der Waals surface area contributed by atoms with Gasteiger partial charge >= 0.3 is 5.97 Å². The fraction of sp³-hybridized carbons (Fsp3) is 0.690. The van der Waals surface area contributed by atoms with E-state index in [9.17, 15) is 9.18 Å². The molecular formula is C29H41FO3. The SMILES string of the molecule is C=CCOc1ccc(OC(=O)C2CCCC3CC(C4CCC(CCC)CC4)CCC32)c(F)c1. The van der Waals surface area contributed by atoms with Gasteiger partial charge in [0.25, 0.3) is 0 Å². The van der Waals surface area contributed by atoms with E-state index in [-0.39, 0.29) is 17.6 Å². The third-order valence-electron chi connectivity index (χ3n) is 8.73. The second kappa shape index (κ2) is 11.5. The Morgan fingerprint density at radius 1 is 1.06 bits per heavy atom. The average Bonchev–Trinajstić information content (AvgIpc) is 2.84. The normalized spacial score (nSPS) is 31.9. The number of ether oxygens (including phenoxy) is 2. The Balaban J connectivity index is 1.32. The van der Waals surface area contributed by atoms with E-state index in [1.54, 1.807) is 12.1 Å². The van der Waals surface area contributed by atoms with Crippen LogP contribution in [0.15, 0.2) is 30.9 Å². The Hall–Kier alpha value is -1.84. The highest BCUT2D eigenvalue weighted by Gasteiger charge is 2.43. The maximum atomic E-state index is 14.5. The molecular weight excluding hydrogens is 415 g/mol. The van der Waals surface area contributed by atoms with Gasteiger partial charge in [0.1, 0.15) is 12.4 Å². The van der Waals surface area contributed by atoms with Crippen LogP contribution in [0.25, 0.3) is 0 Å². The summed E-state index contributed by atoms with van der Waals surface area (Å²) in [5.74, 6) is 3.23. The summed E-state index contributed by atoms with van der Waals surface area (Å²) in [6.45, 7) is 6.21. The molecule has 0 radical (unpaired) electrons. The van der Waals surface area contributed by atoms with E-state index in [4.69, 9.17) is 9.47 Å². The van der Waals surface area contributed by atoms with Crippen LogP contribution in [0, 0.1) is 41.3 Å². The molecule has 1 aromatic rings. The minimum absolute atomic E-state index is 0.00519. The zero-order valence-electron chi connectivity index (χ0n) is 20.3. The Kier molecular flexibility index (Phi) is 8.49. The molecule has 0 amide bonds. The lowest BCUT2D eigenvalue weighted by molar-refractivity contribution is -0.144. The van der Waals surface area contributed by atoms with Gasteiger partial charge in [0, 0.05) is 6.07 Å². The Morgan fingerprint density at radius 2 is 1.85 bits per heavy atom. The smallest absolute Gasteiger partial charge is 0.314 e. The number of carbonyl (C=O) groups excluding carboxylic acids is 1. The minimum Gasteiger partial charge on any atom is -0.489 e. The highest BCUT2D eigenvalue weighted by molar-refractivity contribution is 5.75. The maximum absolute atomic E-state index is 14.5. The van der Waals surface area contributed by atoms with Crippen molar-refractivity contribution in [3.05, 3.63) is 36.7 Å². The van der Waals surface area contributed by atoms with E-state index in [1.165, 1.54) is 69.9 Å². The van der Waals surface area contributed by atoms with Gasteiger partial charge in [-0.3, -0.25) is 4.79 Å². The molecule has 4 rings (SSSR count). The van der Waals surface area contributed by atoms with Gasteiger partial charge in [-0.1, -0.05) is 58.1 Å². The number of rotatable bonds is 8. The molecule has 33 heavy (non-hydrogen) atoms. The molecule has 0 spiro atoms. The predicted molar refractivity (Wildman–Crippen MR) is 130 cm³/mol. The standard InChI is InChI=1S/C29H41FO3/c1-3-6-20-9-11-21(12-10-20)22-13-15-25-23(18-22)7-5-8-26(25)29(31)33-28-16-14-24(19-27(28)30)32-17-4-2/h4,14,16,19-23,25-26H,2-3,5-13,15,17-18H2,1H3. The molecule has 3 aliphatic rings. The lowest BCUT2D eigenvalue weighted by atomic mass is 9.59. The van der Waals surface area contributed by atoms with Gasteiger partial charge in [-0.2, -0.15) is 0 Å². The van der Waals surface area contributed by atoms with Crippen molar-refractivity contribution >= 4 is 5.97 Å². The second-order valence-electron chi connectivity index (χ2n) is 10.7. The van der Waals surface area contributed by atoms with Crippen molar-refractivity contribution in [3.8, 4) is 11.5 Å². The molecule has 0 aromatic heterocycles. The molecule has 4 heteroatoms. The van der Waals surface area contributed by atoms with Crippen LogP contribution in [0.3, 0.4) is 0 Å².